The van der Waals surface area contributed by atoms with Crippen LogP contribution in [0.5, 0.6) is 0 Å². The third-order valence-electron chi connectivity index (χ3n) is 14.3. The summed E-state index contributed by atoms with van der Waals surface area (Å²) in [6.07, 6.45) is 3.14. The highest BCUT2D eigenvalue weighted by Crippen LogP contribution is 2.57. The van der Waals surface area contributed by atoms with E-state index in [9.17, 15) is 0 Å². The van der Waals surface area contributed by atoms with Crippen molar-refractivity contribution in [3.63, 3.8) is 0 Å². The first-order valence-corrected chi connectivity index (χ1v) is 24.6. The van der Waals surface area contributed by atoms with E-state index in [4.69, 9.17) is 0 Å². The number of rotatable bonds is 8. The Balaban J connectivity index is 0.000000305. The number of nitrogens with one attached hydrogen (secondary N) is 1. The molecule has 332 valence electrons. The fraction of sp³-hybridized carbons (Fsp3) is 0.134. The van der Waals surface area contributed by atoms with E-state index in [0.29, 0.717) is 0 Å². The molecule has 12 rings (SSSR count). The number of anilines is 2. The van der Waals surface area contributed by atoms with Gasteiger partial charge in [0, 0.05) is 16.8 Å². The number of hydrogen-bond acceptors (Lipinski definition) is 1. The fourth-order valence-corrected chi connectivity index (χ4v) is 11.1. The maximum absolute atomic E-state index is 3.78. The first kappa shape index (κ1) is 44.1. The van der Waals surface area contributed by atoms with Gasteiger partial charge in [-0.3, -0.25) is 0 Å². The highest BCUT2D eigenvalue weighted by atomic mass is 14.9. The molecule has 68 heavy (non-hydrogen) atoms. The SMILES string of the molecule is CC.CCC1(CC)c2cc(Nc3cccc(-c4ccccc4)c3)ccc2-c2c1cc(-c1c(C)cc(-c3ccccc3)cc1-c1ccccc1)c1ccccc21.c1ccc2c(c1)Cc1ccccc1-2. The van der Waals surface area contributed by atoms with Crippen molar-refractivity contribution in [3.8, 4) is 66.8 Å². The Morgan fingerprint density at radius 2 is 0.897 bits per heavy atom. The van der Waals surface area contributed by atoms with E-state index >= 15 is 0 Å². The van der Waals surface area contributed by atoms with E-state index < -0.39 is 0 Å². The zero-order valence-electron chi connectivity index (χ0n) is 40.0. The lowest BCUT2D eigenvalue weighted by molar-refractivity contribution is 0.491. The molecule has 10 aromatic rings. The molecule has 0 aliphatic heterocycles. The third-order valence-corrected chi connectivity index (χ3v) is 14.3. The average Bonchev–Trinajstić information content (AvgIpc) is 3.93. The van der Waals surface area contributed by atoms with Crippen molar-refractivity contribution in [1.29, 1.82) is 0 Å². The van der Waals surface area contributed by atoms with Gasteiger partial charge in [0.1, 0.15) is 0 Å². The molecule has 0 saturated carbocycles. The largest absolute Gasteiger partial charge is 0.356 e. The van der Waals surface area contributed by atoms with Gasteiger partial charge in [-0.1, -0.05) is 216 Å². The lowest BCUT2D eigenvalue weighted by atomic mass is 9.72. The molecule has 0 fully saturated rings. The summed E-state index contributed by atoms with van der Waals surface area (Å²) in [6, 6.07) is 81.9. The van der Waals surface area contributed by atoms with Gasteiger partial charge in [0.15, 0.2) is 0 Å². The van der Waals surface area contributed by atoms with Crippen LogP contribution in [0.3, 0.4) is 0 Å². The van der Waals surface area contributed by atoms with Crippen LogP contribution < -0.4 is 5.32 Å². The van der Waals surface area contributed by atoms with Gasteiger partial charge in [-0.2, -0.15) is 0 Å². The van der Waals surface area contributed by atoms with Crippen LogP contribution in [0.4, 0.5) is 11.4 Å². The summed E-state index contributed by atoms with van der Waals surface area (Å²) >= 11 is 0. The van der Waals surface area contributed by atoms with E-state index in [1.165, 1.54) is 105 Å². The van der Waals surface area contributed by atoms with Crippen molar-refractivity contribution in [1.82, 2.24) is 0 Å². The average molecular weight is 878 g/mol. The van der Waals surface area contributed by atoms with Crippen LogP contribution in [-0.4, -0.2) is 0 Å². The Morgan fingerprint density at radius 1 is 0.368 bits per heavy atom. The molecule has 0 amide bonds. The summed E-state index contributed by atoms with van der Waals surface area (Å²) < 4.78 is 0. The normalized spacial score (nSPS) is 12.4. The van der Waals surface area contributed by atoms with Gasteiger partial charge in [0.05, 0.1) is 0 Å². The van der Waals surface area contributed by atoms with Gasteiger partial charge in [0.2, 0.25) is 0 Å². The second kappa shape index (κ2) is 19.2. The second-order valence-electron chi connectivity index (χ2n) is 18.0. The molecular formula is C67H59N. The minimum atomic E-state index is -0.113. The molecule has 0 spiro atoms. The van der Waals surface area contributed by atoms with Crippen LogP contribution in [0.15, 0.2) is 224 Å². The molecule has 0 saturated heterocycles. The van der Waals surface area contributed by atoms with Crippen molar-refractivity contribution in [2.45, 2.75) is 59.3 Å². The van der Waals surface area contributed by atoms with Crippen LogP contribution in [0, 0.1) is 6.92 Å². The van der Waals surface area contributed by atoms with E-state index in [1.54, 1.807) is 0 Å². The van der Waals surface area contributed by atoms with Crippen LogP contribution >= 0.6 is 0 Å². The quantitative estimate of drug-likeness (QED) is 0.160. The molecule has 2 aliphatic rings. The van der Waals surface area contributed by atoms with Gasteiger partial charge in [-0.15, -0.1) is 0 Å². The first-order valence-electron chi connectivity index (χ1n) is 24.6. The zero-order chi connectivity index (χ0) is 46.6. The summed E-state index contributed by atoms with van der Waals surface area (Å²) in [4.78, 5) is 0. The van der Waals surface area contributed by atoms with E-state index in [1.807, 2.05) is 13.8 Å². The lowest BCUT2D eigenvalue weighted by Crippen LogP contribution is -2.23. The molecule has 1 heteroatoms. The Kier molecular flexibility index (Phi) is 12.5. The Bertz CT molecular complexity index is 3330. The Labute approximate surface area is 403 Å². The maximum Gasteiger partial charge on any atom is 0.0390 e. The van der Waals surface area contributed by atoms with Gasteiger partial charge in [0.25, 0.3) is 0 Å². The van der Waals surface area contributed by atoms with Crippen molar-refractivity contribution >= 4 is 22.1 Å². The van der Waals surface area contributed by atoms with Crippen molar-refractivity contribution < 1.29 is 0 Å². The lowest BCUT2D eigenvalue weighted by Gasteiger charge is -2.31. The fourth-order valence-electron chi connectivity index (χ4n) is 11.1. The van der Waals surface area contributed by atoms with Gasteiger partial charge in [-0.05, 0) is 168 Å². The third kappa shape index (κ3) is 8.03. The molecule has 1 N–H and O–H groups in total. The van der Waals surface area contributed by atoms with Crippen molar-refractivity contribution in [2.24, 2.45) is 0 Å². The molecule has 0 unspecified atom stereocenters. The molecule has 0 heterocycles. The topological polar surface area (TPSA) is 12.0 Å². The maximum atomic E-state index is 3.78. The molecule has 0 radical (unpaired) electrons. The minimum absolute atomic E-state index is 0.113. The predicted octanol–water partition coefficient (Wildman–Crippen LogP) is 18.9. The molecular weight excluding hydrogens is 819 g/mol. The number of benzene rings is 10. The molecule has 0 aromatic heterocycles. The Hall–Kier alpha value is -7.74. The molecule has 0 atom stereocenters. The van der Waals surface area contributed by atoms with Crippen molar-refractivity contribution in [2.75, 3.05) is 5.32 Å². The standard InChI is InChI=1S/C52H43N.C13H10.C2H6/c1-4-52(5-2)48-33-42(53-41-25-17-24-39(31-41)36-18-9-6-10-19-36)28-29-45(48)51-44-27-16-15-26-43(44)47(34-49(51)52)50-35(3)30-40(37-20-11-7-12-21-37)32-46(50)38-22-13-8-14-23-38;1-3-7-12-10(5-1)9-11-6-2-4-8-13(11)12;1-2/h6-34,53H,4-5H2,1-3H3;1-8H,9H2;1-2H3. The summed E-state index contributed by atoms with van der Waals surface area (Å²) in [5.74, 6) is 0. The highest BCUT2D eigenvalue weighted by molar-refractivity contribution is 6.11. The zero-order valence-corrected chi connectivity index (χ0v) is 40.0. The monoisotopic (exact) mass is 877 g/mol. The number of fused-ring (bicyclic) bond motifs is 8. The molecule has 0 bridgehead atoms. The highest BCUT2D eigenvalue weighted by Gasteiger charge is 2.42. The van der Waals surface area contributed by atoms with E-state index in [-0.39, 0.29) is 5.41 Å². The summed E-state index contributed by atoms with van der Waals surface area (Å²) in [7, 11) is 0. The molecule has 2 aliphatic carbocycles. The van der Waals surface area contributed by atoms with Crippen LogP contribution in [0.2, 0.25) is 0 Å². The Morgan fingerprint density at radius 3 is 1.53 bits per heavy atom. The summed E-state index contributed by atoms with van der Waals surface area (Å²) in [5, 5.41) is 6.41. The number of hydrogen-bond donors (Lipinski definition) is 1. The molecule has 1 nitrogen and oxygen atoms in total. The first-order chi connectivity index (χ1) is 33.5. The molecule has 10 aromatic carbocycles. The summed E-state index contributed by atoms with van der Waals surface area (Å²) in [6.45, 7) is 11.0. The van der Waals surface area contributed by atoms with E-state index in [0.717, 1.165) is 30.6 Å². The van der Waals surface area contributed by atoms with Gasteiger partial charge in [-0.25, -0.2) is 0 Å². The van der Waals surface area contributed by atoms with Crippen LogP contribution in [0.1, 0.15) is 68.4 Å². The second-order valence-corrected chi connectivity index (χ2v) is 18.0. The van der Waals surface area contributed by atoms with Crippen LogP contribution in [-0.2, 0) is 11.8 Å². The summed E-state index contributed by atoms with van der Waals surface area (Å²) in [5.41, 5.74) is 24.8. The van der Waals surface area contributed by atoms with Gasteiger partial charge < -0.3 is 5.32 Å². The number of aryl methyl sites for hydroxylation is 1. The predicted molar refractivity (Wildman–Crippen MR) is 293 cm³/mol. The van der Waals surface area contributed by atoms with Crippen LogP contribution in [0.25, 0.3) is 77.5 Å². The minimum Gasteiger partial charge on any atom is -0.356 e. The van der Waals surface area contributed by atoms with Crippen molar-refractivity contribution in [3.05, 3.63) is 252 Å². The van der Waals surface area contributed by atoms with E-state index in [2.05, 4.69) is 251 Å². The van der Waals surface area contributed by atoms with Gasteiger partial charge >= 0.3 is 0 Å². The smallest absolute Gasteiger partial charge is 0.0390 e.